The van der Waals surface area contributed by atoms with Gasteiger partial charge in [-0.3, -0.25) is 0 Å². The molecule has 2 atom stereocenters. The summed E-state index contributed by atoms with van der Waals surface area (Å²) < 4.78 is 38.0. The zero-order chi connectivity index (χ0) is 12.3. The fourth-order valence-corrected chi connectivity index (χ4v) is 3.84. The second kappa shape index (κ2) is 5.71. The molecule has 0 radical (unpaired) electrons. The van der Waals surface area contributed by atoms with E-state index in [1.165, 1.54) is 10.8 Å². The third-order valence-electron chi connectivity index (χ3n) is 1.89. The molecule has 1 unspecified atom stereocenters. The topological polar surface area (TPSA) is 0 Å². The summed E-state index contributed by atoms with van der Waals surface area (Å²) in [5.41, 5.74) is 0. The van der Waals surface area contributed by atoms with Crippen molar-refractivity contribution in [3.63, 3.8) is 0 Å². The summed E-state index contributed by atoms with van der Waals surface area (Å²) in [6, 6.07) is 0. The van der Waals surface area contributed by atoms with Crippen LogP contribution in [0.4, 0.5) is 13.2 Å². The SMILES string of the molecule is CCC(C)[C@@H](SSC(C)(C)C)C(F)(F)F. The average Bonchev–Trinajstić information content (AvgIpc) is 1.99. The Kier molecular flexibility index (Phi) is 5.90. The normalized spacial score (nSPS) is 17.6. The summed E-state index contributed by atoms with van der Waals surface area (Å²) in [5.74, 6) is -0.329. The Hall–Kier alpha value is 0.490. The highest BCUT2D eigenvalue weighted by Gasteiger charge is 2.43. The third kappa shape index (κ3) is 6.61. The van der Waals surface area contributed by atoms with Crippen LogP contribution in [0.1, 0.15) is 41.0 Å². The summed E-state index contributed by atoms with van der Waals surface area (Å²) in [5, 5.41) is -1.26. The molecule has 92 valence electrons. The predicted octanol–water partition coefficient (Wildman–Crippen LogP) is 5.14. The molecule has 0 amide bonds. The van der Waals surface area contributed by atoms with Gasteiger partial charge in [-0.15, -0.1) is 0 Å². The number of hydrogen-bond acceptors (Lipinski definition) is 2. The van der Waals surface area contributed by atoms with Crippen molar-refractivity contribution >= 4 is 21.6 Å². The van der Waals surface area contributed by atoms with Crippen LogP contribution in [-0.4, -0.2) is 16.2 Å². The Morgan fingerprint density at radius 2 is 1.60 bits per heavy atom. The molecule has 0 saturated carbocycles. The van der Waals surface area contributed by atoms with Crippen molar-refractivity contribution in [3.8, 4) is 0 Å². The van der Waals surface area contributed by atoms with Gasteiger partial charge in [0.15, 0.2) is 0 Å². The van der Waals surface area contributed by atoms with E-state index in [4.69, 9.17) is 0 Å². The second-order valence-corrected chi connectivity index (χ2v) is 7.81. The Labute approximate surface area is 98.2 Å². The molecule has 15 heavy (non-hydrogen) atoms. The van der Waals surface area contributed by atoms with Gasteiger partial charge in [-0.25, -0.2) is 0 Å². The first kappa shape index (κ1) is 15.5. The van der Waals surface area contributed by atoms with Crippen molar-refractivity contribution in [2.75, 3.05) is 0 Å². The molecule has 0 spiro atoms. The van der Waals surface area contributed by atoms with Crippen LogP contribution in [0.5, 0.6) is 0 Å². The van der Waals surface area contributed by atoms with Crippen molar-refractivity contribution in [3.05, 3.63) is 0 Å². The Bertz CT molecular complexity index is 184. The van der Waals surface area contributed by atoms with Crippen LogP contribution in [0, 0.1) is 5.92 Å². The second-order valence-electron chi connectivity index (χ2n) is 4.64. The largest absolute Gasteiger partial charge is 0.401 e. The molecule has 0 nitrogen and oxygen atoms in total. The Balaban J connectivity index is 4.40. The Morgan fingerprint density at radius 3 is 1.87 bits per heavy atom. The van der Waals surface area contributed by atoms with Crippen molar-refractivity contribution < 1.29 is 13.2 Å². The van der Waals surface area contributed by atoms with E-state index in [-0.39, 0.29) is 10.7 Å². The van der Waals surface area contributed by atoms with E-state index in [0.29, 0.717) is 6.42 Å². The first-order chi connectivity index (χ1) is 6.58. The van der Waals surface area contributed by atoms with Gasteiger partial charge in [-0.05, 0) is 5.92 Å². The molecule has 0 N–H and O–H groups in total. The lowest BCUT2D eigenvalue weighted by Crippen LogP contribution is -2.31. The smallest absolute Gasteiger partial charge is 0.170 e. The van der Waals surface area contributed by atoms with Crippen molar-refractivity contribution in [1.29, 1.82) is 0 Å². The summed E-state index contributed by atoms with van der Waals surface area (Å²) in [4.78, 5) is 0. The van der Waals surface area contributed by atoms with Crippen LogP contribution in [-0.2, 0) is 0 Å². The highest BCUT2D eigenvalue weighted by Crippen LogP contribution is 2.46. The van der Waals surface area contributed by atoms with Gasteiger partial charge in [0.1, 0.15) is 5.25 Å². The molecular formula is C10H19F3S2. The molecule has 0 bridgehead atoms. The van der Waals surface area contributed by atoms with Gasteiger partial charge < -0.3 is 0 Å². The molecule has 5 heteroatoms. The van der Waals surface area contributed by atoms with Gasteiger partial charge in [0, 0.05) is 4.75 Å². The van der Waals surface area contributed by atoms with Gasteiger partial charge >= 0.3 is 6.18 Å². The molecule has 0 aromatic carbocycles. The minimum atomic E-state index is -4.10. The van der Waals surface area contributed by atoms with E-state index in [1.807, 2.05) is 20.8 Å². The van der Waals surface area contributed by atoms with E-state index < -0.39 is 11.4 Å². The van der Waals surface area contributed by atoms with Gasteiger partial charge in [0.25, 0.3) is 0 Å². The number of halogens is 3. The van der Waals surface area contributed by atoms with Crippen LogP contribution in [0.2, 0.25) is 0 Å². The fourth-order valence-electron chi connectivity index (χ4n) is 0.882. The van der Waals surface area contributed by atoms with Crippen molar-refractivity contribution in [2.45, 2.75) is 57.2 Å². The molecule has 0 aliphatic rings. The standard InChI is InChI=1S/C10H19F3S2/c1-6-7(2)8(10(11,12)13)14-15-9(3,4)5/h7-8H,6H2,1-5H3/t7?,8-/m1/s1. The van der Waals surface area contributed by atoms with E-state index >= 15 is 0 Å². The van der Waals surface area contributed by atoms with Gasteiger partial charge in [0.05, 0.1) is 0 Å². The minimum Gasteiger partial charge on any atom is -0.170 e. The van der Waals surface area contributed by atoms with Crippen LogP contribution < -0.4 is 0 Å². The predicted molar refractivity (Wildman–Crippen MR) is 64.2 cm³/mol. The maximum absolute atomic E-state index is 12.7. The minimum absolute atomic E-state index is 0.137. The van der Waals surface area contributed by atoms with E-state index in [2.05, 4.69) is 0 Å². The molecule has 0 fully saturated rings. The third-order valence-corrected chi connectivity index (χ3v) is 5.83. The van der Waals surface area contributed by atoms with Crippen molar-refractivity contribution in [1.82, 2.24) is 0 Å². The Morgan fingerprint density at radius 1 is 1.13 bits per heavy atom. The molecule has 0 aromatic rings. The molecule has 0 aromatic heterocycles. The lowest BCUT2D eigenvalue weighted by Gasteiger charge is -2.27. The van der Waals surface area contributed by atoms with Crippen LogP contribution >= 0.6 is 21.6 Å². The zero-order valence-corrected chi connectivity index (χ0v) is 11.4. The maximum atomic E-state index is 12.7. The summed E-state index contributed by atoms with van der Waals surface area (Å²) >= 11 is 0. The summed E-state index contributed by atoms with van der Waals surface area (Å²) in [7, 11) is 2.27. The average molecular weight is 260 g/mol. The van der Waals surface area contributed by atoms with E-state index in [0.717, 1.165) is 10.8 Å². The molecule has 0 aliphatic heterocycles. The number of rotatable bonds is 4. The van der Waals surface area contributed by atoms with E-state index in [9.17, 15) is 13.2 Å². The fraction of sp³-hybridized carbons (Fsp3) is 1.00. The molecule has 0 rings (SSSR count). The van der Waals surface area contributed by atoms with Gasteiger partial charge in [-0.2, -0.15) is 13.2 Å². The highest BCUT2D eigenvalue weighted by molar-refractivity contribution is 8.77. The van der Waals surface area contributed by atoms with Crippen LogP contribution in [0.15, 0.2) is 0 Å². The maximum Gasteiger partial charge on any atom is 0.401 e. The van der Waals surface area contributed by atoms with Crippen LogP contribution in [0.25, 0.3) is 0 Å². The zero-order valence-electron chi connectivity index (χ0n) is 9.81. The molecule has 0 aliphatic carbocycles. The summed E-state index contributed by atoms with van der Waals surface area (Å²) in [6.45, 7) is 9.23. The lowest BCUT2D eigenvalue weighted by molar-refractivity contribution is -0.136. The monoisotopic (exact) mass is 260 g/mol. The summed E-state index contributed by atoms with van der Waals surface area (Å²) in [6.07, 6.45) is -3.54. The first-order valence-corrected chi connectivity index (χ1v) is 7.20. The van der Waals surface area contributed by atoms with E-state index in [1.54, 1.807) is 13.8 Å². The highest BCUT2D eigenvalue weighted by atomic mass is 33.1. The molecule has 0 saturated heterocycles. The molecular weight excluding hydrogens is 241 g/mol. The quantitative estimate of drug-likeness (QED) is 0.642. The lowest BCUT2D eigenvalue weighted by atomic mass is 10.0. The van der Waals surface area contributed by atoms with Gasteiger partial charge in [0.2, 0.25) is 0 Å². The van der Waals surface area contributed by atoms with Crippen molar-refractivity contribution in [2.24, 2.45) is 5.92 Å². The van der Waals surface area contributed by atoms with Gasteiger partial charge in [-0.1, -0.05) is 62.6 Å². The first-order valence-electron chi connectivity index (χ1n) is 4.99. The number of alkyl halides is 3. The number of hydrogen-bond donors (Lipinski definition) is 0. The molecule has 0 heterocycles. The van der Waals surface area contributed by atoms with Crippen LogP contribution in [0.3, 0.4) is 0 Å².